The van der Waals surface area contributed by atoms with Gasteiger partial charge in [0.15, 0.2) is 0 Å². The van der Waals surface area contributed by atoms with E-state index in [1.54, 1.807) is 24.5 Å². The Kier molecular flexibility index (Phi) is 4.30. The Bertz CT molecular complexity index is 511. The SMILES string of the molecule is Oc1cccc(CCC=NNc2ccncc2)c1. The van der Waals surface area contributed by atoms with Crippen LogP contribution in [0.1, 0.15) is 12.0 Å². The lowest BCUT2D eigenvalue weighted by atomic mass is 10.1. The maximum atomic E-state index is 9.31. The number of hydrogen-bond donors (Lipinski definition) is 2. The molecule has 0 aliphatic carbocycles. The standard InChI is InChI=1S/C14H15N3O/c18-14-5-1-3-12(11-14)4-2-8-16-17-13-6-9-15-10-7-13/h1,3,5-11,18H,2,4H2,(H,15,17). The van der Waals surface area contributed by atoms with Crippen LogP contribution in [0.3, 0.4) is 0 Å². The molecular formula is C14H15N3O. The molecule has 0 saturated heterocycles. The van der Waals surface area contributed by atoms with Crippen molar-refractivity contribution in [1.29, 1.82) is 0 Å². The Hall–Kier alpha value is -2.36. The predicted octanol–water partition coefficient (Wildman–Crippen LogP) is 2.82. The Morgan fingerprint density at radius 1 is 1.22 bits per heavy atom. The fourth-order valence-corrected chi connectivity index (χ4v) is 1.55. The summed E-state index contributed by atoms with van der Waals surface area (Å²) in [6.45, 7) is 0. The minimum absolute atomic E-state index is 0.305. The van der Waals surface area contributed by atoms with Gasteiger partial charge in [0.1, 0.15) is 5.75 Å². The molecule has 0 radical (unpaired) electrons. The van der Waals surface area contributed by atoms with E-state index in [1.807, 2.05) is 30.5 Å². The van der Waals surface area contributed by atoms with Crippen molar-refractivity contribution in [3.05, 3.63) is 54.4 Å². The maximum Gasteiger partial charge on any atom is 0.115 e. The Labute approximate surface area is 106 Å². The molecule has 0 bridgehead atoms. The average Bonchev–Trinajstić information content (AvgIpc) is 2.40. The second-order valence-electron chi connectivity index (χ2n) is 3.87. The van der Waals surface area contributed by atoms with Gasteiger partial charge < -0.3 is 5.11 Å². The number of hydrazone groups is 1. The summed E-state index contributed by atoms with van der Waals surface area (Å²) in [5, 5.41) is 13.4. The minimum atomic E-state index is 0.305. The summed E-state index contributed by atoms with van der Waals surface area (Å²) in [7, 11) is 0. The topological polar surface area (TPSA) is 57.5 Å². The fraction of sp³-hybridized carbons (Fsp3) is 0.143. The molecule has 1 aromatic carbocycles. The zero-order chi connectivity index (χ0) is 12.6. The molecule has 18 heavy (non-hydrogen) atoms. The maximum absolute atomic E-state index is 9.31. The minimum Gasteiger partial charge on any atom is -0.508 e. The van der Waals surface area contributed by atoms with Gasteiger partial charge in [0.05, 0.1) is 5.69 Å². The van der Waals surface area contributed by atoms with E-state index in [0.717, 1.165) is 24.1 Å². The first-order valence-corrected chi connectivity index (χ1v) is 5.80. The van der Waals surface area contributed by atoms with E-state index in [9.17, 15) is 5.11 Å². The molecule has 2 N–H and O–H groups in total. The normalized spacial score (nSPS) is 10.7. The molecule has 0 fully saturated rings. The van der Waals surface area contributed by atoms with Crippen molar-refractivity contribution in [2.75, 3.05) is 5.43 Å². The molecule has 0 atom stereocenters. The number of aromatic hydroxyl groups is 1. The first-order chi connectivity index (χ1) is 8.84. The number of nitrogens with zero attached hydrogens (tertiary/aromatic N) is 2. The van der Waals surface area contributed by atoms with Crippen molar-refractivity contribution < 1.29 is 5.11 Å². The third-order valence-corrected chi connectivity index (χ3v) is 2.44. The van der Waals surface area contributed by atoms with E-state index in [4.69, 9.17) is 0 Å². The van der Waals surface area contributed by atoms with E-state index in [2.05, 4.69) is 15.5 Å². The van der Waals surface area contributed by atoms with Gasteiger partial charge in [0, 0.05) is 18.6 Å². The number of phenolic OH excluding ortho intramolecular Hbond substituents is 1. The van der Waals surface area contributed by atoms with Crippen LogP contribution in [0.5, 0.6) is 5.75 Å². The summed E-state index contributed by atoms with van der Waals surface area (Å²) >= 11 is 0. The van der Waals surface area contributed by atoms with Gasteiger partial charge in [-0.25, -0.2) is 0 Å². The van der Waals surface area contributed by atoms with Crippen molar-refractivity contribution in [3.8, 4) is 5.75 Å². The van der Waals surface area contributed by atoms with Crippen LogP contribution in [-0.4, -0.2) is 16.3 Å². The highest BCUT2D eigenvalue weighted by Crippen LogP contribution is 2.11. The zero-order valence-corrected chi connectivity index (χ0v) is 9.95. The third kappa shape index (κ3) is 3.90. The third-order valence-electron chi connectivity index (χ3n) is 2.44. The molecule has 1 aromatic heterocycles. The van der Waals surface area contributed by atoms with Crippen molar-refractivity contribution in [2.24, 2.45) is 5.10 Å². The molecule has 0 unspecified atom stereocenters. The molecule has 0 saturated carbocycles. The predicted molar refractivity (Wildman–Crippen MR) is 72.8 cm³/mol. The Morgan fingerprint density at radius 2 is 2.06 bits per heavy atom. The lowest BCUT2D eigenvalue weighted by Crippen LogP contribution is -1.91. The van der Waals surface area contributed by atoms with Crippen molar-refractivity contribution in [3.63, 3.8) is 0 Å². The van der Waals surface area contributed by atoms with Gasteiger partial charge >= 0.3 is 0 Å². The summed E-state index contributed by atoms with van der Waals surface area (Å²) in [4.78, 5) is 3.92. The smallest absolute Gasteiger partial charge is 0.115 e. The van der Waals surface area contributed by atoms with Crippen LogP contribution in [0, 0.1) is 0 Å². The average molecular weight is 241 g/mol. The molecule has 0 aliphatic heterocycles. The first-order valence-electron chi connectivity index (χ1n) is 5.80. The van der Waals surface area contributed by atoms with Crippen LogP contribution >= 0.6 is 0 Å². The Morgan fingerprint density at radius 3 is 2.83 bits per heavy atom. The van der Waals surface area contributed by atoms with E-state index in [1.165, 1.54) is 0 Å². The van der Waals surface area contributed by atoms with Crippen molar-refractivity contribution >= 4 is 11.9 Å². The van der Waals surface area contributed by atoms with Crippen LogP contribution in [0.25, 0.3) is 0 Å². The fourth-order valence-electron chi connectivity index (χ4n) is 1.55. The molecule has 0 amide bonds. The number of benzene rings is 1. The van der Waals surface area contributed by atoms with Gasteiger partial charge in [0.25, 0.3) is 0 Å². The Balaban J connectivity index is 1.75. The number of aromatic nitrogens is 1. The van der Waals surface area contributed by atoms with Gasteiger partial charge in [-0.15, -0.1) is 0 Å². The number of phenols is 1. The van der Waals surface area contributed by atoms with Gasteiger partial charge in [-0.1, -0.05) is 12.1 Å². The molecule has 1 heterocycles. The van der Waals surface area contributed by atoms with Crippen LogP contribution in [0.2, 0.25) is 0 Å². The lowest BCUT2D eigenvalue weighted by molar-refractivity contribution is 0.474. The quantitative estimate of drug-likeness (QED) is 0.625. The zero-order valence-electron chi connectivity index (χ0n) is 9.95. The van der Waals surface area contributed by atoms with Crippen LogP contribution in [0.15, 0.2) is 53.9 Å². The lowest BCUT2D eigenvalue weighted by Gasteiger charge is -1.99. The summed E-state index contributed by atoms with van der Waals surface area (Å²) in [6.07, 6.45) is 6.93. The van der Waals surface area contributed by atoms with Crippen molar-refractivity contribution in [2.45, 2.75) is 12.8 Å². The van der Waals surface area contributed by atoms with Crippen molar-refractivity contribution in [1.82, 2.24) is 4.98 Å². The van der Waals surface area contributed by atoms with Gasteiger partial charge in [-0.05, 0) is 42.7 Å². The largest absolute Gasteiger partial charge is 0.508 e. The number of nitrogens with one attached hydrogen (secondary N) is 1. The molecule has 4 heteroatoms. The molecule has 0 spiro atoms. The van der Waals surface area contributed by atoms with E-state index < -0.39 is 0 Å². The number of aryl methyl sites for hydroxylation is 1. The number of anilines is 1. The number of pyridine rings is 1. The second-order valence-corrected chi connectivity index (χ2v) is 3.87. The summed E-state index contributed by atoms with van der Waals surface area (Å²) in [5.74, 6) is 0.305. The highest BCUT2D eigenvalue weighted by atomic mass is 16.3. The number of hydrogen-bond acceptors (Lipinski definition) is 4. The number of rotatable bonds is 5. The van der Waals surface area contributed by atoms with Gasteiger partial charge in [-0.3, -0.25) is 10.4 Å². The first kappa shape index (κ1) is 12.1. The molecule has 2 aromatic rings. The van der Waals surface area contributed by atoms with E-state index in [-0.39, 0.29) is 0 Å². The molecule has 0 aliphatic rings. The van der Waals surface area contributed by atoms with E-state index >= 15 is 0 Å². The summed E-state index contributed by atoms with van der Waals surface area (Å²) in [5.41, 5.74) is 4.94. The molecular weight excluding hydrogens is 226 g/mol. The van der Waals surface area contributed by atoms with Crippen LogP contribution in [-0.2, 0) is 6.42 Å². The monoisotopic (exact) mass is 241 g/mol. The highest BCUT2D eigenvalue weighted by molar-refractivity contribution is 5.59. The van der Waals surface area contributed by atoms with Crippen LogP contribution < -0.4 is 5.43 Å². The molecule has 4 nitrogen and oxygen atoms in total. The summed E-state index contributed by atoms with van der Waals surface area (Å²) in [6, 6.07) is 11.0. The second kappa shape index (κ2) is 6.39. The molecule has 92 valence electrons. The van der Waals surface area contributed by atoms with Gasteiger partial charge in [0.2, 0.25) is 0 Å². The highest BCUT2D eigenvalue weighted by Gasteiger charge is 1.93. The van der Waals surface area contributed by atoms with Gasteiger partial charge in [-0.2, -0.15) is 5.10 Å². The van der Waals surface area contributed by atoms with Crippen LogP contribution in [0.4, 0.5) is 5.69 Å². The summed E-state index contributed by atoms with van der Waals surface area (Å²) < 4.78 is 0. The van der Waals surface area contributed by atoms with E-state index in [0.29, 0.717) is 5.75 Å². The molecule has 2 rings (SSSR count).